The molecule has 1 aliphatic heterocycles. The van der Waals surface area contributed by atoms with Gasteiger partial charge in [-0.3, -0.25) is 14.0 Å². The zero-order valence-corrected chi connectivity index (χ0v) is 14.3. The van der Waals surface area contributed by atoms with Crippen molar-refractivity contribution in [2.45, 2.75) is 0 Å². The SMILES string of the molecule is O=C(CN1CCSC1=O)Nc1ccc(-c2cn3ccsc3n2)cc1. The largest absolute Gasteiger partial charge is 0.325 e. The van der Waals surface area contributed by atoms with Gasteiger partial charge in [0, 0.05) is 41.3 Å². The van der Waals surface area contributed by atoms with Crippen LogP contribution < -0.4 is 5.32 Å². The van der Waals surface area contributed by atoms with Crippen molar-refractivity contribution < 1.29 is 9.59 Å². The molecule has 4 rings (SSSR count). The fraction of sp³-hybridized carbons (Fsp3) is 0.188. The maximum Gasteiger partial charge on any atom is 0.282 e. The van der Waals surface area contributed by atoms with Crippen LogP contribution in [0.4, 0.5) is 10.5 Å². The van der Waals surface area contributed by atoms with Crippen LogP contribution in [0.1, 0.15) is 0 Å². The summed E-state index contributed by atoms with van der Waals surface area (Å²) in [5, 5.41) is 4.79. The van der Waals surface area contributed by atoms with Gasteiger partial charge < -0.3 is 10.2 Å². The molecule has 1 saturated heterocycles. The molecule has 2 amide bonds. The zero-order chi connectivity index (χ0) is 16.5. The lowest BCUT2D eigenvalue weighted by atomic mass is 10.1. The number of amides is 2. The molecule has 1 fully saturated rings. The number of carbonyl (C=O) groups excluding carboxylic acids is 2. The van der Waals surface area contributed by atoms with E-state index in [1.165, 1.54) is 11.8 Å². The van der Waals surface area contributed by atoms with Gasteiger partial charge in [0.1, 0.15) is 6.54 Å². The summed E-state index contributed by atoms with van der Waals surface area (Å²) >= 11 is 2.85. The Morgan fingerprint density at radius 3 is 2.83 bits per heavy atom. The summed E-state index contributed by atoms with van der Waals surface area (Å²) in [5.41, 5.74) is 2.61. The van der Waals surface area contributed by atoms with E-state index in [1.54, 1.807) is 16.2 Å². The van der Waals surface area contributed by atoms with Crippen LogP contribution in [-0.2, 0) is 4.79 Å². The summed E-state index contributed by atoms with van der Waals surface area (Å²) in [4.78, 5) is 30.6. The molecule has 0 unspecified atom stereocenters. The van der Waals surface area contributed by atoms with Gasteiger partial charge in [0.2, 0.25) is 5.91 Å². The second-order valence-electron chi connectivity index (χ2n) is 5.38. The third-order valence-electron chi connectivity index (χ3n) is 3.74. The number of rotatable bonds is 4. The van der Waals surface area contributed by atoms with Crippen LogP contribution in [0.25, 0.3) is 16.2 Å². The van der Waals surface area contributed by atoms with Crippen LogP contribution in [0.3, 0.4) is 0 Å². The molecule has 0 saturated carbocycles. The summed E-state index contributed by atoms with van der Waals surface area (Å²) in [5.74, 6) is 0.573. The number of thiazole rings is 1. The number of fused-ring (bicyclic) bond motifs is 1. The Morgan fingerprint density at radius 1 is 1.29 bits per heavy atom. The quantitative estimate of drug-likeness (QED) is 0.778. The van der Waals surface area contributed by atoms with Gasteiger partial charge in [-0.25, -0.2) is 4.98 Å². The van der Waals surface area contributed by atoms with Crippen molar-refractivity contribution in [2.75, 3.05) is 24.2 Å². The van der Waals surface area contributed by atoms with Gasteiger partial charge in [0.05, 0.1) is 5.69 Å². The number of nitrogens with one attached hydrogen (secondary N) is 1. The van der Waals surface area contributed by atoms with E-state index in [1.807, 2.05) is 46.4 Å². The maximum atomic E-state index is 12.0. The molecule has 1 aromatic carbocycles. The van der Waals surface area contributed by atoms with Gasteiger partial charge in [-0.2, -0.15) is 0 Å². The molecule has 0 bridgehead atoms. The average molecular weight is 358 g/mol. The Balaban J connectivity index is 1.42. The van der Waals surface area contributed by atoms with Gasteiger partial charge in [-0.15, -0.1) is 11.3 Å². The van der Waals surface area contributed by atoms with Crippen molar-refractivity contribution in [3.63, 3.8) is 0 Å². The molecule has 8 heteroatoms. The summed E-state index contributed by atoms with van der Waals surface area (Å²) in [6.45, 7) is 0.734. The summed E-state index contributed by atoms with van der Waals surface area (Å²) in [6.07, 6.45) is 3.96. The summed E-state index contributed by atoms with van der Waals surface area (Å²) in [6, 6.07) is 7.56. The molecule has 24 heavy (non-hydrogen) atoms. The third-order valence-corrected chi connectivity index (χ3v) is 5.40. The van der Waals surface area contributed by atoms with E-state index in [9.17, 15) is 9.59 Å². The first kappa shape index (κ1) is 15.2. The van der Waals surface area contributed by atoms with Crippen molar-refractivity contribution in [2.24, 2.45) is 0 Å². The zero-order valence-electron chi connectivity index (χ0n) is 12.6. The minimum Gasteiger partial charge on any atom is -0.325 e. The van der Waals surface area contributed by atoms with Gasteiger partial charge in [0.25, 0.3) is 5.24 Å². The Morgan fingerprint density at radius 2 is 2.12 bits per heavy atom. The van der Waals surface area contributed by atoms with E-state index in [-0.39, 0.29) is 17.7 Å². The molecule has 0 spiro atoms. The topological polar surface area (TPSA) is 66.7 Å². The molecule has 2 aromatic heterocycles. The number of hydrogen-bond acceptors (Lipinski definition) is 5. The first-order valence-corrected chi connectivity index (χ1v) is 9.30. The number of imidazole rings is 1. The Labute approximate surface area is 146 Å². The summed E-state index contributed by atoms with van der Waals surface area (Å²) < 4.78 is 1.99. The molecule has 0 aliphatic carbocycles. The minimum absolute atomic E-state index is 0.0275. The van der Waals surface area contributed by atoms with E-state index < -0.39 is 0 Å². The van der Waals surface area contributed by atoms with Crippen molar-refractivity contribution in [1.29, 1.82) is 0 Å². The number of carbonyl (C=O) groups is 2. The van der Waals surface area contributed by atoms with E-state index in [4.69, 9.17) is 0 Å². The van der Waals surface area contributed by atoms with Gasteiger partial charge >= 0.3 is 0 Å². The fourth-order valence-corrected chi connectivity index (χ4v) is 4.06. The highest BCUT2D eigenvalue weighted by Gasteiger charge is 2.23. The van der Waals surface area contributed by atoms with Crippen LogP contribution in [-0.4, -0.2) is 44.3 Å². The third kappa shape index (κ3) is 3.02. The van der Waals surface area contributed by atoms with Crippen molar-refractivity contribution in [3.8, 4) is 11.3 Å². The number of hydrogen-bond donors (Lipinski definition) is 1. The second kappa shape index (κ2) is 6.29. The van der Waals surface area contributed by atoms with E-state index >= 15 is 0 Å². The molecular weight excluding hydrogens is 344 g/mol. The van der Waals surface area contributed by atoms with Crippen LogP contribution in [0.15, 0.2) is 42.0 Å². The van der Waals surface area contributed by atoms with Crippen molar-refractivity contribution >= 4 is 44.9 Å². The molecule has 1 N–H and O–H groups in total. The molecule has 6 nitrogen and oxygen atoms in total. The predicted octanol–water partition coefficient (Wildman–Crippen LogP) is 3.17. The van der Waals surface area contributed by atoms with Gasteiger partial charge in [-0.05, 0) is 12.1 Å². The first-order valence-electron chi connectivity index (χ1n) is 7.43. The van der Waals surface area contributed by atoms with Crippen molar-refractivity contribution in [1.82, 2.24) is 14.3 Å². The van der Waals surface area contributed by atoms with Gasteiger partial charge in [0.15, 0.2) is 4.96 Å². The summed E-state index contributed by atoms with van der Waals surface area (Å²) in [7, 11) is 0. The Hall–Kier alpha value is -2.32. The van der Waals surface area contributed by atoms with Crippen molar-refractivity contribution in [3.05, 3.63) is 42.0 Å². The predicted molar refractivity (Wildman–Crippen MR) is 96.6 cm³/mol. The number of nitrogens with zero attached hydrogens (tertiary/aromatic N) is 3. The van der Waals surface area contributed by atoms with Crippen LogP contribution >= 0.6 is 23.1 Å². The standard InChI is InChI=1S/C16H14N4O2S2/c21-14(10-20-6-8-24-16(20)22)17-12-3-1-11(2-4-12)13-9-19-5-7-23-15(19)18-13/h1-5,7,9H,6,8,10H2,(H,17,21). The van der Waals surface area contributed by atoms with Gasteiger partial charge in [-0.1, -0.05) is 23.9 Å². The molecule has 122 valence electrons. The fourth-order valence-electron chi connectivity index (χ4n) is 2.53. The maximum absolute atomic E-state index is 12.0. The number of anilines is 1. The Kier molecular flexibility index (Phi) is 3.99. The normalized spacial score (nSPS) is 14.5. The Bertz CT molecular complexity index is 872. The van der Waals surface area contributed by atoms with E-state index in [0.717, 1.165) is 22.0 Å². The highest BCUT2D eigenvalue weighted by Crippen LogP contribution is 2.23. The molecule has 3 heterocycles. The molecule has 0 atom stereocenters. The molecular formula is C16H14N4O2S2. The molecule has 0 radical (unpaired) electrons. The number of benzene rings is 1. The monoisotopic (exact) mass is 358 g/mol. The van der Waals surface area contributed by atoms with E-state index in [0.29, 0.717) is 12.2 Å². The number of aromatic nitrogens is 2. The number of thioether (sulfide) groups is 1. The average Bonchev–Trinajstić information content (AvgIpc) is 3.25. The lowest BCUT2D eigenvalue weighted by Gasteiger charge is -2.14. The van der Waals surface area contributed by atoms with Crippen LogP contribution in [0, 0.1) is 0 Å². The second-order valence-corrected chi connectivity index (χ2v) is 7.30. The smallest absolute Gasteiger partial charge is 0.282 e. The highest BCUT2D eigenvalue weighted by molar-refractivity contribution is 8.13. The van der Waals surface area contributed by atoms with Crippen LogP contribution in [0.2, 0.25) is 0 Å². The van der Waals surface area contributed by atoms with Crippen LogP contribution in [0.5, 0.6) is 0 Å². The lowest BCUT2D eigenvalue weighted by Crippen LogP contribution is -2.33. The molecule has 1 aliphatic rings. The van der Waals surface area contributed by atoms with E-state index in [2.05, 4.69) is 10.3 Å². The minimum atomic E-state index is -0.180. The first-order chi connectivity index (χ1) is 11.7. The lowest BCUT2D eigenvalue weighted by molar-refractivity contribution is -0.116. The molecule has 3 aromatic rings. The highest BCUT2D eigenvalue weighted by atomic mass is 32.2.